The lowest BCUT2D eigenvalue weighted by molar-refractivity contribution is 0.0928. The van der Waals surface area contributed by atoms with Crippen LogP contribution in [-0.2, 0) is 4.79 Å². The number of carbonyl (C=O) groups excluding carboxylic acids is 2. The third-order valence-corrected chi connectivity index (χ3v) is 3.24. The van der Waals surface area contributed by atoms with Crippen LogP contribution in [0.25, 0.3) is 0 Å². The molecule has 18 heavy (non-hydrogen) atoms. The Labute approximate surface area is 106 Å². The number of nitrogens with one attached hydrogen (secondary N) is 1. The molecule has 0 heterocycles. The third-order valence-electron chi connectivity index (χ3n) is 3.24. The smallest absolute Gasteiger partial charge is 0.251 e. The van der Waals surface area contributed by atoms with Gasteiger partial charge in [-0.3, -0.25) is 4.79 Å². The molecule has 0 spiro atoms. The first-order chi connectivity index (χ1) is 8.79. The molecule has 1 aromatic rings. The van der Waals surface area contributed by atoms with E-state index < -0.39 is 0 Å². The number of benzene rings is 1. The minimum atomic E-state index is -0.0523. The zero-order valence-electron chi connectivity index (χ0n) is 10.2. The van der Waals surface area contributed by atoms with E-state index in [0.717, 1.165) is 12.8 Å². The van der Waals surface area contributed by atoms with Crippen molar-refractivity contribution in [2.45, 2.75) is 38.1 Å². The van der Waals surface area contributed by atoms with Crippen LogP contribution in [0, 0.1) is 0 Å². The molecule has 0 bridgehead atoms. The van der Waals surface area contributed by atoms with E-state index in [1.807, 2.05) is 0 Å². The van der Waals surface area contributed by atoms with Gasteiger partial charge in [-0.25, -0.2) is 4.79 Å². The fourth-order valence-electron chi connectivity index (χ4n) is 2.26. The number of rotatable bonds is 3. The van der Waals surface area contributed by atoms with Crippen molar-refractivity contribution in [2.75, 3.05) is 0 Å². The number of hydrogen-bond donors (Lipinski definition) is 1. The summed E-state index contributed by atoms with van der Waals surface area (Å²) in [5.74, 6) is -0.0523. The summed E-state index contributed by atoms with van der Waals surface area (Å²) >= 11 is 0. The highest BCUT2D eigenvalue weighted by molar-refractivity contribution is 5.94. The average molecular weight is 244 g/mol. The normalized spacial score (nSPS) is 15.8. The fourth-order valence-corrected chi connectivity index (χ4v) is 2.26. The Kier molecular flexibility index (Phi) is 4.26. The predicted octanol–water partition coefficient (Wildman–Crippen LogP) is 2.72. The Morgan fingerprint density at radius 2 is 1.83 bits per heavy atom. The zero-order chi connectivity index (χ0) is 12.8. The summed E-state index contributed by atoms with van der Waals surface area (Å²) in [6, 6.07) is 6.93. The van der Waals surface area contributed by atoms with Gasteiger partial charge in [0.25, 0.3) is 5.91 Å². The fraction of sp³-hybridized carbons (Fsp3) is 0.429. The van der Waals surface area contributed by atoms with Gasteiger partial charge in [0.2, 0.25) is 6.08 Å². The Morgan fingerprint density at radius 1 is 1.17 bits per heavy atom. The molecule has 1 N–H and O–H groups in total. The number of isocyanates is 1. The molecule has 1 fully saturated rings. The maximum atomic E-state index is 12.0. The number of aliphatic imine (C=N–C) groups is 1. The second-order valence-corrected chi connectivity index (χ2v) is 4.56. The molecule has 1 aromatic carbocycles. The summed E-state index contributed by atoms with van der Waals surface area (Å²) in [6.45, 7) is 0. The molecule has 1 aliphatic rings. The van der Waals surface area contributed by atoms with Gasteiger partial charge in [0.15, 0.2) is 0 Å². The first-order valence-corrected chi connectivity index (χ1v) is 6.28. The van der Waals surface area contributed by atoms with E-state index in [9.17, 15) is 9.59 Å². The van der Waals surface area contributed by atoms with Crippen molar-refractivity contribution in [3.05, 3.63) is 29.8 Å². The molecule has 2 rings (SSSR count). The van der Waals surface area contributed by atoms with E-state index in [2.05, 4.69) is 10.3 Å². The quantitative estimate of drug-likeness (QED) is 0.656. The lowest BCUT2D eigenvalue weighted by Crippen LogP contribution is -2.36. The van der Waals surface area contributed by atoms with E-state index in [-0.39, 0.29) is 5.91 Å². The van der Waals surface area contributed by atoms with E-state index >= 15 is 0 Å². The molecule has 0 atom stereocenters. The second kappa shape index (κ2) is 6.12. The molecule has 0 aromatic heterocycles. The summed E-state index contributed by atoms with van der Waals surface area (Å²) < 4.78 is 0. The standard InChI is InChI=1S/C14H16N2O2/c17-10-15-12-8-6-11(7-9-12)14(18)16-13-4-2-1-3-5-13/h6-9,13H,1-5H2,(H,16,18). The molecule has 4 heteroatoms. The first kappa shape index (κ1) is 12.5. The van der Waals surface area contributed by atoms with Crippen molar-refractivity contribution in [3.63, 3.8) is 0 Å². The molecule has 0 radical (unpaired) electrons. The minimum absolute atomic E-state index is 0.0523. The minimum Gasteiger partial charge on any atom is -0.349 e. The summed E-state index contributed by atoms with van der Waals surface area (Å²) in [4.78, 5) is 25.5. The largest absolute Gasteiger partial charge is 0.349 e. The Balaban J connectivity index is 1.97. The topological polar surface area (TPSA) is 58.5 Å². The number of carbonyl (C=O) groups is 1. The van der Waals surface area contributed by atoms with Crippen LogP contribution in [0.2, 0.25) is 0 Å². The van der Waals surface area contributed by atoms with Crippen molar-refractivity contribution in [1.29, 1.82) is 0 Å². The van der Waals surface area contributed by atoms with Gasteiger partial charge in [-0.1, -0.05) is 19.3 Å². The van der Waals surface area contributed by atoms with E-state index in [4.69, 9.17) is 0 Å². The van der Waals surface area contributed by atoms with Gasteiger partial charge in [-0.05, 0) is 37.1 Å². The van der Waals surface area contributed by atoms with Gasteiger partial charge >= 0.3 is 0 Å². The van der Waals surface area contributed by atoms with Crippen LogP contribution >= 0.6 is 0 Å². The van der Waals surface area contributed by atoms with Crippen LogP contribution in [0.5, 0.6) is 0 Å². The van der Waals surface area contributed by atoms with Crippen LogP contribution in [0.3, 0.4) is 0 Å². The highest BCUT2D eigenvalue weighted by atomic mass is 16.1. The summed E-state index contributed by atoms with van der Waals surface area (Å²) in [6.07, 6.45) is 7.26. The van der Waals surface area contributed by atoms with Crippen molar-refractivity contribution >= 4 is 17.7 Å². The number of hydrogen-bond acceptors (Lipinski definition) is 3. The SMILES string of the molecule is O=C=Nc1ccc(C(=O)NC2CCCCC2)cc1. The molecular weight excluding hydrogens is 228 g/mol. The second-order valence-electron chi connectivity index (χ2n) is 4.56. The summed E-state index contributed by atoms with van der Waals surface area (Å²) in [5, 5.41) is 3.04. The molecule has 0 aliphatic heterocycles. The lowest BCUT2D eigenvalue weighted by atomic mass is 9.95. The van der Waals surface area contributed by atoms with Crippen molar-refractivity contribution in [1.82, 2.24) is 5.32 Å². The van der Waals surface area contributed by atoms with Gasteiger partial charge in [0, 0.05) is 11.6 Å². The van der Waals surface area contributed by atoms with E-state index in [1.54, 1.807) is 24.3 Å². The van der Waals surface area contributed by atoms with Gasteiger partial charge in [-0.2, -0.15) is 4.99 Å². The highest BCUT2D eigenvalue weighted by Gasteiger charge is 2.16. The Bertz CT molecular complexity index is 455. The number of nitrogens with zero attached hydrogens (tertiary/aromatic N) is 1. The van der Waals surface area contributed by atoms with E-state index in [0.29, 0.717) is 17.3 Å². The van der Waals surface area contributed by atoms with Gasteiger partial charge in [-0.15, -0.1) is 0 Å². The monoisotopic (exact) mass is 244 g/mol. The van der Waals surface area contributed by atoms with Crippen molar-refractivity contribution in [2.24, 2.45) is 4.99 Å². The predicted molar refractivity (Wildman–Crippen MR) is 68.6 cm³/mol. The molecule has 1 amide bonds. The van der Waals surface area contributed by atoms with Gasteiger partial charge in [0.1, 0.15) is 0 Å². The highest BCUT2D eigenvalue weighted by Crippen LogP contribution is 2.18. The zero-order valence-corrected chi connectivity index (χ0v) is 10.2. The van der Waals surface area contributed by atoms with Crippen LogP contribution < -0.4 is 5.32 Å². The van der Waals surface area contributed by atoms with Crippen LogP contribution in [-0.4, -0.2) is 18.0 Å². The third kappa shape index (κ3) is 3.28. The molecule has 0 saturated heterocycles. The average Bonchev–Trinajstić information content (AvgIpc) is 2.41. The summed E-state index contributed by atoms with van der Waals surface area (Å²) in [5.41, 5.74) is 1.12. The molecule has 1 aliphatic carbocycles. The van der Waals surface area contributed by atoms with Gasteiger partial charge in [0.05, 0.1) is 5.69 Å². The molecular formula is C14H16N2O2. The maximum absolute atomic E-state index is 12.0. The lowest BCUT2D eigenvalue weighted by Gasteiger charge is -2.22. The Morgan fingerprint density at radius 3 is 2.44 bits per heavy atom. The van der Waals surface area contributed by atoms with E-state index in [1.165, 1.54) is 25.3 Å². The maximum Gasteiger partial charge on any atom is 0.251 e. The summed E-state index contributed by atoms with van der Waals surface area (Å²) in [7, 11) is 0. The van der Waals surface area contributed by atoms with Crippen LogP contribution in [0.15, 0.2) is 29.3 Å². The molecule has 1 saturated carbocycles. The van der Waals surface area contributed by atoms with Crippen molar-refractivity contribution in [3.8, 4) is 0 Å². The Hall–Kier alpha value is -1.93. The molecule has 94 valence electrons. The van der Waals surface area contributed by atoms with Crippen LogP contribution in [0.1, 0.15) is 42.5 Å². The first-order valence-electron chi connectivity index (χ1n) is 6.28. The molecule has 4 nitrogen and oxygen atoms in total. The molecule has 0 unspecified atom stereocenters. The number of amides is 1. The van der Waals surface area contributed by atoms with Crippen molar-refractivity contribution < 1.29 is 9.59 Å². The van der Waals surface area contributed by atoms with Gasteiger partial charge < -0.3 is 5.32 Å². The van der Waals surface area contributed by atoms with Crippen LogP contribution in [0.4, 0.5) is 5.69 Å².